The zero-order valence-corrected chi connectivity index (χ0v) is 6.50. The van der Waals surface area contributed by atoms with E-state index in [2.05, 4.69) is 15.1 Å². The van der Waals surface area contributed by atoms with Crippen LogP contribution in [0.5, 0.6) is 0 Å². The van der Waals surface area contributed by atoms with Crippen LogP contribution >= 0.6 is 22.9 Å². The quantitative estimate of drug-likeness (QED) is 0.569. The summed E-state index contributed by atoms with van der Waals surface area (Å²) in [5.41, 5.74) is 0. The molecule has 0 aromatic heterocycles. The van der Waals surface area contributed by atoms with Crippen LogP contribution in [0.1, 0.15) is 0 Å². The Kier molecular flexibility index (Phi) is 6.41. The van der Waals surface area contributed by atoms with Crippen molar-refractivity contribution in [1.29, 1.82) is 0 Å². The molecular formula is C5H7IN2. The van der Waals surface area contributed by atoms with Gasteiger partial charge in [0.1, 0.15) is 0 Å². The average Bonchev–Trinajstić information content (AvgIpc) is 1.81. The predicted molar refractivity (Wildman–Crippen MR) is 45.0 cm³/mol. The number of rotatable bonds is 3. The van der Waals surface area contributed by atoms with Gasteiger partial charge in [-0.25, -0.2) is 3.21 Å². The first-order chi connectivity index (χ1) is 3.91. The maximum atomic E-state index is 3.69. The number of nitrogens with zero attached hydrogens (tertiary/aromatic N) is 1. The Morgan fingerprint density at radius 2 is 2.38 bits per heavy atom. The predicted octanol–water partition coefficient (Wildman–Crippen LogP) is 1.65. The van der Waals surface area contributed by atoms with Crippen molar-refractivity contribution in [3.8, 4) is 0 Å². The topological polar surface area (TPSA) is 24.4 Å². The Morgan fingerprint density at radius 3 is 2.88 bits per heavy atom. The van der Waals surface area contributed by atoms with Crippen LogP contribution in [0.2, 0.25) is 0 Å². The highest BCUT2D eigenvalue weighted by Crippen LogP contribution is 1.76. The van der Waals surface area contributed by atoms with Gasteiger partial charge in [-0.05, 0) is 12.3 Å². The molecule has 0 atom stereocenters. The molecule has 8 heavy (non-hydrogen) atoms. The Balaban J connectivity index is 3.19. The minimum Gasteiger partial charge on any atom is -0.368 e. The van der Waals surface area contributed by atoms with Gasteiger partial charge in [0.25, 0.3) is 0 Å². The van der Waals surface area contributed by atoms with E-state index in [0.29, 0.717) is 0 Å². The standard InChI is InChI=1S/C5H7IN2/c1-2-7-4-3-5-8-6/h2-5,7H,1H2. The molecule has 0 heterocycles. The maximum absolute atomic E-state index is 3.69. The summed E-state index contributed by atoms with van der Waals surface area (Å²) in [5, 5.41) is 2.77. The molecule has 0 unspecified atom stereocenters. The molecule has 0 bridgehead atoms. The van der Waals surface area contributed by atoms with Crippen molar-refractivity contribution in [1.82, 2.24) is 5.32 Å². The van der Waals surface area contributed by atoms with E-state index in [1.54, 1.807) is 24.7 Å². The molecule has 44 valence electrons. The lowest BCUT2D eigenvalue weighted by Crippen LogP contribution is -1.88. The third-order valence-electron chi connectivity index (χ3n) is 0.453. The van der Waals surface area contributed by atoms with Gasteiger partial charge in [-0.15, -0.1) is 0 Å². The largest absolute Gasteiger partial charge is 0.368 e. The number of hydrogen-bond acceptors (Lipinski definition) is 2. The van der Waals surface area contributed by atoms with Crippen LogP contribution in [0, 0.1) is 0 Å². The minimum absolute atomic E-state index is 1.59. The Hall–Kier alpha value is -0.320. The van der Waals surface area contributed by atoms with E-state index >= 15 is 0 Å². The third kappa shape index (κ3) is 5.68. The molecule has 0 aliphatic heterocycles. The highest BCUT2D eigenvalue weighted by molar-refractivity contribution is 14.1. The van der Waals surface area contributed by atoms with Crippen molar-refractivity contribution in [3.63, 3.8) is 0 Å². The summed E-state index contributed by atoms with van der Waals surface area (Å²) in [7, 11) is 0. The molecule has 0 aromatic rings. The van der Waals surface area contributed by atoms with Crippen LogP contribution in [0.25, 0.3) is 0 Å². The molecule has 0 amide bonds. The van der Waals surface area contributed by atoms with Crippen LogP contribution in [0.15, 0.2) is 28.3 Å². The fourth-order valence-corrected chi connectivity index (χ4v) is 0.385. The van der Waals surface area contributed by atoms with Crippen LogP contribution in [0.3, 0.4) is 0 Å². The van der Waals surface area contributed by atoms with Crippen molar-refractivity contribution >= 4 is 29.1 Å². The van der Waals surface area contributed by atoms with Crippen molar-refractivity contribution in [2.75, 3.05) is 0 Å². The van der Waals surface area contributed by atoms with Crippen LogP contribution in [-0.4, -0.2) is 6.21 Å². The highest BCUT2D eigenvalue weighted by Gasteiger charge is 1.58. The van der Waals surface area contributed by atoms with Gasteiger partial charge in [0.15, 0.2) is 0 Å². The smallest absolute Gasteiger partial charge is 0.0831 e. The van der Waals surface area contributed by atoms with Gasteiger partial charge >= 0.3 is 0 Å². The van der Waals surface area contributed by atoms with Crippen LogP contribution in [0.4, 0.5) is 0 Å². The second-order valence-electron chi connectivity index (χ2n) is 0.977. The van der Waals surface area contributed by atoms with E-state index in [0.717, 1.165) is 0 Å². The minimum atomic E-state index is 1.59. The summed E-state index contributed by atoms with van der Waals surface area (Å²) in [6, 6.07) is 0. The molecule has 0 rings (SSSR count). The zero-order valence-electron chi connectivity index (χ0n) is 4.34. The van der Waals surface area contributed by atoms with Crippen molar-refractivity contribution in [3.05, 3.63) is 25.1 Å². The van der Waals surface area contributed by atoms with E-state index in [1.807, 2.05) is 22.9 Å². The lowest BCUT2D eigenvalue weighted by Gasteiger charge is -1.80. The molecule has 0 aliphatic carbocycles. The summed E-state index contributed by atoms with van der Waals surface area (Å²) >= 11 is 1.90. The highest BCUT2D eigenvalue weighted by atomic mass is 127. The van der Waals surface area contributed by atoms with Gasteiger partial charge in [0.2, 0.25) is 0 Å². The summed E-state index contributed by atoms with van der Waals surface area (Å²) in [5.74, 6) is 0. The number of allylic oxidation sites excluding steroid dienone is 1. The summed E-state index contributed by atoms with van der Waals surface area (Å²) < 4.78 is 3.69. The van der Waals surface area contributed by atoms with Gasteiger partial charge in [-0.3, -0.25) is 0 Å². The van der Waals surface area contributed by atoms with Crippen molar-refractivity contribution in [2.45, 2.75) is 0 Å². The number of nitrogens with one attached hydrogen (secondary N) is 1. The first-order valence-corrected chi connectivity index (χ1v) is 3.04. The lowest BCUT2D eigenvalue weighted by atomic mass is 10.7. The summed E-state index contributed by atoms with van der Waals surface area (Å²) in [6.45, 7) is 3.45. The van der Waals surface area contributed by atoms with Crippen molar-refractivity contribution in [2.24, 2.45) is 3.21 Å². The fraction of sp³-hybridized carbons (Fsp3) is 0. The number of hydrogen-bond donors (Lipinski definition) is 1. The molecule has 1 N–H and O–H groups in total. The Bertz CT molecular complexity index is 107. The SMILES string of the molecule is C=CNC=CC=NI. The Morgan fingerprint density at radius 1 is 1.62 bits per heavy atom. The molecule has 3 heteroatoms. The number of halogens is 1. The molecule has 2 nitrogen and oxygen atoms in total. The maximum Gasteiger partial charge on any atom is 0.0831 e. The molecule has 0 spiro atoms. The molecule has 0 aromatic carbocycles. The normalized spacial score (nSPS) is 10.6. The second kappa shape index (κ2) is 6.68. The lowest BCUT2D eigenvalue weighted by molar-refractivity contribution is 1.21. The monoisotopic (exact) mass is 222 g/mol. The molecular weight excluding hydrogens is 215 g/mol. The Labute approximate surface area is 62.9 Å². The van der Waals surface area contributed by atoms with E-state index in [4.69, 9.17) is 0 Å². The summed E-state index contributed by atoms with van der Waals surface area (Å²) in [4.78, 5) is 0. The molecule has 0 aliphatic rings. The fourth-order valence-electron chi connectivity index (χ4n) is 0.199. The van der Waals surface area contributed by atoms with Gasteiger partial charge in [0, 0.05) is 12.4 Å². The first kappa shape index (κ1) is 7.68. The zero-order chi connectivity index (χ0) is 6.24. The molecule has 0 saturated carbocycles. The van der Waals surface area contributed by atoms with E-state index in [-0.39, 0.29) is 0 Å². The summed E-state index contributed by atoms with van der Waals surface area (Å²) in [6.07, 6.45) is 6.80. The van der Waals surface area contributed by atoms with Gasteiger partial charge < -0.3 is 5.32 Å². The third-order valence-corrected chi connectivity index (χ3v) is 0.774. The average molecular weight is 222 g/mol. The van der Waals surface area contributed by atoms with E-state index in [1.165, 1.54) is 0 Å². The van der Waals surface area contributed by atoms with E-state index in [9.17, 15) is 0 Å². The van der Waals surface area contributed by atoms with Gasteiger partial charge in [0.05, 0.1) is 22.9 Å². The first-order valence-electron chi connectivity index (χ1n) is 2.08. The van der Waals surface area contributed by atoms with Crippen molar-refractivity contribution < 1.29 is 0 Å². The second-order valence-corrected chi connectivity index (χ2v) is 1.53. The molecule has 0 radical (unpaired) electrons. The van der Waals surface area contributed by atoms with Crippen LogP contribution in [-0.2, 0) is 0 Å². The van der Waals surface area contributed by atoms with Gasteiger partial charge in [-0.1, -0.05) is 6.58 Å². The molecule has 0 fully saturated rings. The van der Waals surface area contributed by atoms with Gasteiger partial charge in [-0.2, -0.15) is 0 Å². The molecule has 0 saturated heterocycles. The van der Waals surface area contributed by atoms with E-state index < -0.39 is 0 Å². The van der Waals surface area contributed by atoms with Crippen LogP contribution < -0.4 is 5.32 Å².